The number of hydrogen-bond acceptors (Lipinski definition) is 2. The smallest absolute Gasteiger partial charge is 0.167 e. The number of halogens is 1. The average Bonchev–Trinajstić information content (AvgIpc) is 2.88. The number of ketones is 1. The highest BCUT2D eigenvalue weighted by Crippen LogP contribution is 2.26. The molecule has 0 N–H and O–H groups in total. The van der Waals surface area contributed by atoms with Gasteiger partial charge in [0.05, 0.1) is 6.61 Å². The summed E-state index contributed by atoms with van der Waals surface area (Å²) in [6.45, 7) is 0.712. The maximum absolute atomic E-state index is 12.2. The molecule has 0 amide bonds. The van der Waals surface area contributed by atoms with Gasteiger partial charge in [-0.15, -0.1) is 0 Å². The molecule has 2 aromatic carbocycles. The molecule has 0 atom stereocenters. The van der Waals surface area contributed by atoms with Crippen molar-refractivity contribution in [3.05, 3.63) is 64.2 Å². The summed E-state index contributed by atoms with van der Waals surface area (Å²) in [5.41, 5.74) is 2.85. The van der Waals surface area contributed by atoms with Crippen molar-refractivity contribution in [2.75, 3.05) is 6.61 Å². The second-order valence-electron chi connectivity index (χ2n) is 4.65. The average molecular weight is 273 g/mol. The van der Waals surface area contributed by atoms with Gasteiger partial charge >= 0.3 is 0 Å². The molecular weight excluding hydrogens is 260 g/mol. The van der Waals surface area contributed by atoms with Gasteiger partial charge in [-0.2, -0.15) is 0 Å². The van der Waals surface area contributed by atoms with Gasteiger partial charge in [0, 0.05) is 23.4 Å². The van der Waals surface area contributed by atoms with Crippen molar-refractivity contribution in [1.29, 1.82) is 0 Å². The van der Waals surface area contributed by atoms with E-state index in [1.54, 1.807) is 12.1 Å². The number of benzene rings is 2. The zero-order valence-corrected chi connectivity index (χ0v) is 11.1. The Balaban J connectivity index is 1.78. The molecular formula is C16H13ClO2. The fourth-order valence-corrected chi connectivity index (χ4v) is 2.38. The molecule has 0 aliphatic carbocycles. The second kappa shape index (κ2) is 5.06. The molecule has 0 radical (unpaired) electrons. The zero-order valence-electron chi connectivity index (χ0n) is 10.4. The van der Waals surface area contributed by atoms with E-state index >= 15 is 0 Å². The predicted molar refractivity (Wildman–Crippen MR) is 75.1 cm³/mol. The van der Waals surface area contributed by atoms with Crippen molar-refractivity contribution in [3.63, 3.8) is 0 Å². The molecule has 1 aliphatic rings. The highest BCUT2D eigenvalue weighted by molar-refractivity contribution is 6.30. The fraction of sp³-hybridized carbons (Fsp3) is 0.188. The van der Waals surface area contributed by atoms with Crippen molar-refractivity contribution in [3.8, 4) is 5.75 Å². The van der Waals surface area contributed by atoms with E-state index in [0.29, 0.717) is 18.1 Å². The molecule has 2 nitrogen and oxygen atoms in total. The van der Waals surface area contributed by atoms with Crippen LogP contribution in [0.5, 0.6) is 5.75 Å². The van der Waals surface area contributed by atoms with Crippen LogP contribution in [0.4, 0.5) is 0 Å². The number of rotatable bonds is 3. The van der Waals surface area contributed by atoms with E-state index in [9.17, 15) is 4.79 Å². The summed E-state index contributed by atoms with van der Waals surface area (Å²) < 4.78 is 5.44. The lowest BCUT2D eigenvalue weighted by atomic mass is 10.0. The summed E-state index contributed by atoms with van der Waals surface area (Å²) in [5.74, 6) is 1.03. The van der Waals surface area contributed by atoms with Gasteiger partial charge in [0.2, 0.25) is 0 Å². The normalized spacial score (nSPS) is 12.9. The van der Waals surface area contributed by atoms with E-state index in [2.05, 4.69) is 0 Å². The lowest BCUT2D eigenvalue weighted by molar-refractivity contribution is 0.0993. The molecule has 3 rings (SSSR count). The van der Waals surface area contributed by atoms with Crippen LogP contribution < -0.4 is 4.74 Å². The Kier molecular flexibility index (Phi) is 3.26. The summed E-state index contributed by atoms with van der Waals surface area (Å²) >= 11 is 5.83. The summed E-state index contributed by atoms with van der Waals surface area (Å²) in [6.07, 6.45) is 1.29. The van der Waals surface area contributed by atoms with E-state index in [1.165, 1.54) is 0 Å². The van der Waals surface area contributed by atoms with Gasteiger partial charge in [0.15, 0.2) is 5.78 Å². The highest BCUT2D eigenvalue weighted by atomic mass is 35.5. The quantitative estimate of drug-likeness (QED) is 0.797. The molecule has 0 aromatic heterocycles. The Bertz CT molecular complexity index is 617. The van der Waals surface area contributed by atoms with Crippen molar-refractivity contribution in [1.82, 2.24) is 0 Å². The monoisotopic (exact) mass is 272 g/mol. The first-order valence-electron chi connectivity index (χ1n) is 6.26. The van der Waals surface area contributed by atoms with Crippen molar-refractivity contribution in [2.24, 2.45) is 0 Å². The van der Waals surface area contributed by atoms with Crippen molar-refractivity contribution >= 4 is 17.4 Å². The van der Waals surface area contributed by atoms with Crippen LogP contribution in [0.1, 0.15) is 21.5 Å². The molecule has 1 aliphatic heterocycles. The van der Waals surface area contributed by atoms with Crippen LogP contribution in [-0.2, 0) is 12.8 Å². The Morgan fingerprint density at radius 2 is 1.95 bits per heavy atom. The molecule has 2 aromatic rings. The highest BCUT2D eigenvalue weighted by Gasteiger charge is 2.15. The van der Waals surface area contributed by atoms with Gasteiger partial charge in [0.1, 0.15) is 5.75 Å². The van der Waals surface area contributed by atoms with Crippen molar-refractivity contribution in [2.45, 2.75) is 12.8 Å². The molecule has 0 spiro atoms. The minimum absolute atomic E-state index is 0.122. The lowest BCUT2D eigenvalue weighted by Crippen LogP contribution is -2.03. The van der Waals surface area contributed by atoms with E-state index in [0.717, 1.165) is 28.9 Å². The van der Waals surface area contributed by atoms with Crippen LogP contribution >= 0.6 is 11.6 Å². The number of fused-ring (bicyclic) bond motifs is 1. The molecule has 96 valence electrons. The maximum Gasteiger partial charge on any atom is 0.167 e. The van der Waals surface area contributed by atoms with Crippen LogP contribution in [0.15, 0.2) is 42.5 Å². The molecule has 19 heavy (non-hydrogen) atoms. The second-order valence-corrected chi connectivity index (χ2v) is 5.08. The van der Waals surface area contributed by atoms with Crippen LogP contribution in [0.25, 0.3) is 0 Å². The number of ether oxygens (including phenoxy) is 1. The molecule has 1 heterocycles. The fourth-order valence-electron chi connectivity index (χ4n) is 2.25. The first-order valence-corrected chi connectivity index (χ1v) is 6.63. The van der Waals surface area contributed by atoms with Gasteiger partial charge in [-0.25, -0.2) is 0 Å². The van der Waals surface area contributed by atoms with E-state index < -0.39 is 0 Å². The first kappa shape index (κ1) is 12.2. The topological polar surface area (TPSA) is 26.3 Å². The zero-order chi connectivity index (χ0) is 13.2. The molecule has 0 fully saturated rings. The minimum Gasteiger partial charge on any atom is -0.493 e. The van der Waals surface area contributed by atoms with Gasteiger partial charge in [-0.05, 0) is 41.5 Å². The van der Waals surface area contributed by atoms with Gasteiger partial charge in [0.25, 0.3) is 0 Å². The standard InChI is InChI=1S/C16H13ClO2/c17-14-4-1-11(2-5-14)9-15(18)12-3-6-16-13(10-12)7-8-19-16/h1-6,10H,7-9H2. The number of carbonyl (C=O) groups excluding carboxylic acids is 1. The Morgan fingerprint density at radius 1 is 1.16 bits per heavy atom. The molecule has 0 saturated heterocycles. The Morgan fingerprint density at radius 3 is 2.74 bits per heavy atom. The number of carbonyl (C=O) groups is 1. The predicted octanol–water partition coefficient (Wildman–Crippen LogP) is 3.70. The van der Waals surface area contributed by atoms with Crippen LogP contribution in [0.3, 0.4) is 0 Å². The molecule has 3 heteroatoms. The van der Waals surface area contributed by atoms with Gasteiger partial charge in [-0.1, -0.05) is 23.7 Å². The third kappa shape index (κ3) is 2.64. The summed E-state index contributed by atoms with van der Waals surface area (Å²) in [4.78, 5) is 12.2. The molecule has 0 saturated carbocycles. The maximum atomic E-state index is 12.2. The Labute approximate surface area is 117 Å². The van der Waals surface area contributed by atoms with Gasteiger partial charge < -0.3 is 4.74 Å². The van der Waals surface area contributed by atoms with Crippen molar-refractivity contribution < 1.29 is 9.53 Å². The largest absolute Gasteiger partial charge is 0.493 e. The van der Waals surface area contributed by atoms with E-state index in [-0.39, 0.29) is 5.78 Å². The van der Waals surface area contributed by atoms with Gasteiger partial charge in [-0.3, -0.25) is 4.79 Å². The summed E-state index contributed by atoms with van der Waals surface area (Å²) in [5, 5.41) is 0.686. The molecule has 0 unspecified atom stereocenters. The first-order chi connectivity index (χ1) is 9.22. The Hall–Kier alpha value is -1.80. The number of hydrogen-bond donors (Lipinski definition) is 0. The van der Waals surface area contributed by atoms with Crippen LogP contribution in [0.2, 0.25) is 5.02 Å². The summed E-state index contributed by atoms with van der Waals surface area (Å²) in [6, 6.07) is 13.1. The van der Waals surface area contributed by atoms with E-state index in [4.69, 9.17) is 16.3 Å². The van der Waals surface area contributed by atoms with E-state index in [1.807, 2.05) is 30.3 Å². The SMILES string of the molecule is O=C(Cc1ccc(Cl)cc1)c1ccc2c(c1)CCO2. The summed E-state index contributed by atoms with van der Waals surface area (Å²) in [7, 11) is 0. The van der Waals surface area contributed by atoms with Crippen LogP contribution in [0, 0.1) is 0 Å². The van der Waals surface area contributed by atoms with Crippen LogP contribution in [-0.4, -0.2) is 12.4 Å². The third-order valence-corrected chi connectivity index (χ3v) is 3.54. The minimum atomic E-state index is 0.122. The molecule has 0 bridgehead atoms. The lowest BCUT2D eigenvalue weighted by Gasteiger charge is -2.04. The number of Topliss-reactive ketones (excluding diaryl/α,β-unsaturated/α-hetero) is 1. The third-order valence-electron chi connectivity index (χ3n) is 3.29.